The van der Waals surface area contributed by atoms with Crippen LogP contribution in [0.3, 0.4) is 0 Å². The van der Waals surface area contributed by atoms with E-state index < -0.39 is 0 Å². The monoisotopic (exact) mass is 293 g/mol. The first-order valence-corrected chi connectivity index (χ1v) is 8.10. The zero-order valence-corrected chi connectivity index (χ0v) is 13.3. The van der Waals surface area contributed by atoms with Crippen LogP contribution in [-0.4, -0.2) is 5.91 Å². The summed E-state index contributed by atoms with van der Waals surface area (Å²) >= 11 is 3.26. The molecule has 2 heterocycles. The van der Waals surface area contributed by atoms with Crippen molar-refractivity contribution in [3.63, 3.8) is 0 Å². The van der Waals surface area contributed by atoms with Crippen molar-refractivity contribution in [3.05, 3.63) is 43.8 Å². The number of rotatable bonds is 4. The predicted molar refractivity (Wildman–Crippen MR) is 83.2 cm³/mol. The molecule has 0 aliphatic rings. The van der Waals surface area contributed by atoms with Gasteiger partial charge in [-0.25, -0.2) is 0 Å². The van der Waals surface area contributed by atoms with E-state index in [1.807, 2.05) is 19.1 Å². The van der Waals surface area contributed by atoms with Crippen molar-refractivity contribution in [1.82, 2.24) is 5.32 Å². The van der Waals surface area contributed by atoms with E-state index in [0.717, 1.165) is 4.88 Å². The van der Waals surface area contributed by atoms with E-state index in [1.165, 1.54) is 15.3 Å². The summed E-state index contributed by atoms with van der Waals surface area (Å²) < 4.78 is 0. The summed E-state index contributed by atoms with van der Waals surface area (Å²) in [5.41, 5.74) is 1.19. The minimum atomic E-state index is 0.0355. The first kappa shape index (κ1) is 14.3. The third kappa shape index (κ3) is 3.25. The molecule has 0 radical (unpaired) electrons. The highest BCUT2D eigenvalue weighted by Gasteiger charge is 2.21. The lowest BCUT2D eigenvalue weighted by Gasteiger charge is -2.20. The van der Waals surface area contributed by atoms with E-state index in [-0.39, 0.29) is 11.9 Å². The number of hydrogen-bond donors (Lipinski definition) is 1. The van der Waals surface area contributed by atoms with Crippen LogP contribution in [-0.2, 0) is 0 Å². The Hall–Kier alpha value is -1.13. The average molecular weight is 293 g/mol. The number of amides is 1. The molecule has 2 rings (SSSR count). The Morgan fingerprint density at radius 3 is 2.53 bits per heavy atom. The van der Waals surface area contributed by atoms with E-state index in [4.69, 9.17) is 0 Å². The highest BCUT2D eigenvalue weighted by Crippen LogP contribution is 2.27. The van der Waals surface area contributed by atoms with E-state index in [1.54, 1.807) is 22.7 Å². The Balaban J connectivity index is 2.16. The standard InChI is InChI=1S/C15H19NOS2/c1-9(2)14(12-6-5-7-18-12)16-15(17)13-8-10(3)11(4)19-13/h5-9,14H,1-4H3,(H,16,17)/t14-/m0/s1. The van der Waals surface area contributed by atoms with Gasteiger partial charge in [0.05, 0.1) is 10.9 Å². The lowest BCUT2D eigenvalue weighted by molar-refractivity contribution is 0.0930. The Labute approximate surface area is 122 Å². The molecule has 4 heteroatoms. The molecule has 102 valence electrons. The van der Waals surface area contributed by atoms with Crippen LogP contribution in [0.1, 0.15) is 44.9 Å². The summed E-state index contributed by atoms with van der Waals surface area (Å²) in [5, 5.41) is 5.21. The zero-order valence-electron chi connectivity index (χ0n) is 11.7. The summed E-state index contributed by atoms with van der Waals surface area (Å²) in [6.07, 6.45) is 0. The SMILES string of the molecule is Cc1cc(C(=O)N[C@H](c2cccs2)C(C)C)sc1C. The second-order valence-electron chi connectivity index (χ2n) is 5.06. The molecule has 1 amide bonds. The van der Waals surface area contributed by atoms with Gasteiger partial charge in [0.2, 0.25) is 0 Å². The molecule has 1 atom stereocenters. The highest BCUT2D eigenvalue weighted by molar-refractivity contribution is 7.14. The molecule has 0 unspecified atom stereocenters. The van der Waals surface area contributed by atoms with Gasteiger partial charge >= 0.3 is 0 Å². The predicted octanol–water partition coefficient (Wildman–Crippen LogP) is 4.55. The number of thiophene rings is 2. The summed E-state index contributed by atoms with van der Waals surface area (Å²) in [4.78, 5) is 15.6. The summed E-state index contributed by atoms with van der Waals surface area (Å²) in [6.45, 7) is 8.36. The molecule has 0 bridgehead atoms. The van der Waals surface area contributed by atoms with Gasteiger partial charge in [-0.3, -0.25) is 4.79 Å². The summed E-state index contributed by atoms with van der Waals surface area (Å²) in [6, 6.07) is 6.18. The smallest absolute Gasteiger partial charge is 0.261 e. The molecule has 1 N–H and O–H groups in total. The third-order valence-corrected chi connectivity index (χ3v) is 5.30. The van der Waals surface area contributed by atoms with Crippen LogP contribution in [0.5, 0.6) is 0 Å². The molecule has 0 saturated carbocycles. The van der Waals surface area contributed by atoms with E-state index in [2.05, 4.69) is 37.5 Å². The fraction of sp³-hybridized carbons (Fsp3) is 0.400. The lowest BCUT2D eigenvalue weighted by atomic mass is 10.0. The first-order valence-electron chi connectivity index (χ1n) is 6.40. The summed E-state index contributed by atoms with van der Waals surface area (Å²) in [5.74, 6) is 0.415. The lowest BCUT2D eigenvalue weighted by Crippen LogP contribution is -2.30. The van der Waals surface area contributed by atoms with Crippen LogP contribution in [0.15, 0.2) is 23.6 Å². The summed E-state index contributed by atoms with van der Waals surface area (Å²) in [7, 11) is 0. The molecule has 2 aromatic heterocycles. The molecular weight excluding hydrogens is 274 g/mol. The molecule has 0 spiro atoms. The second-order valence-corrected chi connectivity index (χ2v) is 7.30. The maximum atomic E-state index is 12.3. The van der Waals surface area contributed by atoms with Gasteiger partial charge in [-0.2, -0.15) is 0 Å². The topological polar surface area (TPSA) is 29.1 Å². The van der Waals surface area contributed by atoms with Gasteiger partial charge in [-0.05, 0) is 42.8 Å². The molecule has 0 fully saturated rings. The van der Waals surface area contributed by atoms with Crippen LogP contribution in [0.4, 0.5) is 0 Å². The Morgan fingerprint density at radius 1 is 1.32 bits per heavy atom. The van der Waals surface area contributed by atoms with Gasteiger partial charge in [0.1, 0.15) is 0 Å². The number of carbonyl (C=O) groups is 1. The van der Waals surface area contributed by atoms with Gasteiger partial charge in [0.15, 0.2) is 0 Å². The largest absolute Gasteiger partial charge is 0.343 e. The minimum Gasteiger partial charge on any atom is -0.343 e. The fourth-order valence-electron chi connectivity index (χ4n) is 1.93. The van der Waals surface area contributed by atoms with Gasteiger partial charge in [-0.1, -0.05) is 19.9 Å². The van der Waals surface area contributed by atoms with Crippen LogP contribution in [0.25, 0.3) is 0 Å². The minimum absolute atomic E-state index is 0.0355. The number of hydrogen-bond acceptors (Lipinski definition) is 3. The molecule has 0 aromatic carbocycles. The number of carbonyl (C=O) groups excluding carboxylic acids is 1. The van der Waals surface area contributed by atoms with Crippen LogP contribution < -0.4 is 5.32 Å². The Kier molecular flexibility index (Phi) is 4.42. The number of aryl methyl sites for hydroxylation is 2. The van der Waals surface area contributed by atoms with Crippen molar-refractivity contribution in [1.29, 1.82) is 0 Å². The molecular formula is C15H19NOS2. The third-order valence-electron chi connectivity index (χ3n) is 3.19. The van der Waals surface area contributed by atoms with E-state index in [0.29, 0.717) is 5.92 Å². The average Bonchev–Trinajstić information content (AvgIpc) is 2.97. The van der Waals surface area contributed by atoms with Crippen LogP contribution in [0, 0.1) is 19.8 Å². The molecule has 2 aromatic rings. The first-order chi connectivity index (χ1) is 8.99. The molecule has 0 aliphatic carbocycles. The Bertz CT molecular complexity index is 535. The second kappa shape index (κ2) is 5.88. The number of nitrogens with one attached hydrogen (secondary N) is 1. The van der Waals surface area contributed by atoms with Crippen molar-refractivity contribution in [2.24, 2.45) is 5.92 Å². The van der Waals surface area contributed by atoms with Crippen molar-refractivity contribution >= 4 is 28.6 Å². The van der Waals surface area contributed by atoms with Gasteiger partial charge < -0.3 is 5.32 Å². The quantitative estimate of drug-likeness (QED) is 0.880. The van der Waals surface area contributed by atoms with Crippen molar-refractivity contribution in [2.45, 2.75) is 33.7 Å². The van der Waals surface area contributed by atoms with E-state index in [9.17, 15) is 4.79 Å². The van der Waals surface area contributed by atoms with Gasteiger partial charge in [-0.15, -0.1) is 22.7 Å². The Morgan fingerprint density at radius 2 is 2.05 bits per heavy atom. The zero-order chi connectivity index (χ0) is 14.0. The normalized spacial score (nSPS) is 12.7. The maximum absolute atomic E-state index is 12.3. The maximum Gasteiger partial charge on any atom is 0.261 e. The molecule has 2 nitrogen and oxygen atoms in total. The molecule has 0 saturated heterocycles. The van der Waals surface area contributed by atoms with Crippen molar-refractivity contribution in [3.8, 4) is 0 Å². The van der Waals surface area contributed by atoms with Crippen molar-refractivity contribution < 1.29 is 4.79 Å². The van der Waals surface area contributed by atoms with E-state index >= 15 is 0 Å². The van der Waals surface area contributed by atoms with Crippen LogP contribution >= 0.6 is 22.7 Å². The molecule has 19 heavy (non-hydrogen) atoms. The van der Waals surface area contributed by atoms with Gasteiger partial charge in [0, 0.05) is 9.75 Å². The van der Waals surface area contributed by atoms with Gasteiger partial charge in [0.25, 0.3) is 5.91 Å². The van der Waals surface area contributed by atoms with Crippen molar-refractivity contribution in [2.75, 3.05) is 0 Å². The highest BCUT2D eigenvalue weighted by atomic mass is 32.1. The molecule has 0 aliphatic heterocycles. The van der Waals surface area contributed by atoms with Crippen LogP contribution in [0.2, 0.25) is 0 Å². The fourth-order valence-corrected chi connectivity index (χ4v) is 3.82.